The lowest BCUT2D eigenvalue weighted by atomic mass is 10.0. The molecule has 1 aromatic rings. The Balaban J connectivity index is 2.99. The van der Waals surface area contributed by atoms with Gasteiger partial charge in [-0.1, -0.05) is 0 Å². The number of aliphatic hydroxyl groups excluding tert-OH is 1. The van der Waals surface area contributed by atoms with Crippen LogP contribution < -0.4 is 5.73 Å². The minimum Gasteiger partial charge on any atom is -0.395 e. The van der Waals surface area contributed by atoms with Gasteiger partial charge in [-0.25, -0.2) is 4.39 Å². The molecule has 0 aliphatic heterocycles. The van der Waals surface area contributed by atoms with Crippen LogP contribution in [0.1, 0.15) is 11.1 Å². The highest BCUT2D eigenvalue weighted by Gasteiger charge is 2.31. The molecule has 0 radical (unpaired) electrons. The van der Waals surface area contributed by atoms with Crippen LogP contribution in [0, 0.1) is 5.82 Å². The van der Waals surface area contributed by atoms with Gasteiger partial charge in [0.15, 0.2) is 0 Å². The van der Waals surface area contributed by atoms with Gasteiger partial charge in [0.05, 0.1) is 12.2 Å². The van der Waals surface area contributed by atoms with Gasteiger partial charge in [-0.15, -0.1) is 0 Å². The van der Waals surface area contributed by atoms with Crippen molar-refractivity contribution in [3.05, 3.63) is 35.1 Å². The Kier molecular flexibility index (Phi) is 3.88. The van der Waals surface area contributed by atoms with Gasteiger partial charge in [-0.2, -0.15) is 13.2 Å². The van der Waals surface area contributed by atoms with Crippen LogP contribution in [0.15, 0.2) is 18.2 Å². The average Bonchev–Trinajstić information content (AvgIpc) is 2.15. The molecule has 0 amide bonds. The molecule has 2 nitrogen and oxygen atoms in total. The molecule has 3 N–H and O–H groups in total. The summed E-state index contributed by atoms with van der Waals surface area (Å²) in [7, 11) is 0. The van der Waals surface area contributed by atoms with Crippen LogP contribution in [0.25, 0.3) is 0 Å². The van der Waals surface area contributed by atoms with Crippen molar-refractivity contribution >= 4 is 0 Å². The number of hydrogen-bond donors (Lipinski definition) is 2. The van der Waals surface area contributed by atoms with Crippen molar-refractivity contribution in [1.29, 1.82) is 0 Å². The maximum atomic E-state index is 12.9. The largest absolute Gasteiger partial charge is 0.416 e. The third-order valence-corrected chi connectivity index (χ3v) is 2.02. The van der Waals surface area contributed by atoms with E-state index in [2.05, 4.69) is 0 Å². The average molecular weight is 237 g/mol. The number of aliphatic hydroxyl groups is 1. The van der Waals surface area contributed by atoms with Crippen molar-refractivity contribution in [3.8, 4) is 0 Å². The first kappa shape index (κ1) is 12.9. The Morgan fingerprint density at radius 3 is 2.38 bits per heavy atom. The van der Waals surface area contributed by atoms with Gasteiger partial charge >= 0.3 is 6.18 Å². The summed E-state index contributed by atoms with van der Waals surface area (Å²) < 4.78 is 49.9. The van der Waals surface area contributed by atoms with E-state index in [1.807, 2.05) is 0 Å². The molecule has 0 aromatic heterocycles. The first-order valence-corrected chi connectivity index (χ1v) is 4.56. The predicted octanol–water partition coefficient (Wildman–Crippen LogP) is 1.71. The summed E-state index contributed by atoms with van der Waals surface area (Å²) >= 11 is 0. The van der Waals surface area contributed by atoms with E-state index >= 15 is 0 Å². The molecule has 0 aliphatic rings. The van der Waals surface area contributed by atoms with Gasteiger partial charge in [-0.05, 0) is 30.2 Å². The van der Waals surface area contributed by atoms with Crippen molar-refractivity contribution in [2.24, 2.45) is 5.73 Å². The van der Waals surface area contributed by atoms with Crippen molar-refractivity contribution in [2.45, 2.75) is 18.6 Å². The molecular formula is C10H11F4NO. The Labute approximate surface area is 89.7 Å². The van der Waals surface area contributed by atoms with Crippen molar-refractivity contribution in [1.82, 2.24) is 0 Å². The van der Waals surface area contributed by atoms with Gasteiger partial charge in [0, 0.05) is 6.04 Å². The van der Waals surface area contributed by atoms with E-state index in [1.54, 1.807) is 0 Å². The summed E-state index contributed by atoms with van der Waals surface area (Å²) in [4.78, 5) is 0. The molecule has 1 atom stereocenters. The first-order valence-electron chi connectivity index (χ1n) is 4.56. The Morgan fingerprint density at radius 1 is 1.25 bits per heavy atom. The van der Waals surface area contributed by atoms with E-state index in [-0.39, 0.29) is 18.6 Å². The minimum absolute atomic E-state index is 0.00264. The van der Waals surface area contributed by atoms with Gasteiger partial charge in [0.2, 0.25) is 0 Å². The van der Waals surface area contributed by atoms with Crippen LogP contribution in [-0.4, -0.2) is 17.8 Å². The van der Waals surface area contributed by atoms with Gasteiger partial charge in [0.25, 0.3) is 0 Å². The third kappa shape index (κ3) is 3.46. The zero-order chi connectivity index (χ0) is 12.3. The quantitative estimate of drug-likeness (QED) is 0.786. The summed E-state index contributed by atoms with van der Waals surface area (Å²) in [5.74, 6) is -0.963. The summed E-state index contributed by atoms with van der Waals surface area (Å²) in [6, 6.07) is 1.54. The maximum Gasteiger partial charge on any atom is 0.416 e. The highest BCUT2D eigenvalue weighted by atomic mass is 19.4. The Bertz CT molecular complexity index is 364. The molecule has 0 spiro atoms. The Morgan fingerprint density at radius 2 is 1.88 bits per heavy atom. The Hall–Kier alpha value is -1.14. The van der Waals surface area contributed by atoms with Gasteiger partial charge in [0.1, 0.15) is 5.82 Å². The normalized spacial score (nSPS) is 13.9. The van der Waals surface area contributed by atoms with Crippen LogP contribution >= 0.6 is 0 Å². The molecule has 1 aromatic carbocycles. The van der Waals surface area contributed by atoms with E-state index in [4.69, 9.17) is 10.8 Å². The molecule has 0 bridgehead atoms. The zero-order valence-corrected chi connectivity index (χ0v) is 8.26. The van der Waals surface area contributed by atoms with Gasteiger partial charge < -0.3 is 10.8 Å². The molecule has 0 aliphatic carbocycles. The number of hydrogen-bond acceptors (Lipinski definition) is 2. The fraction of sp³-hybridized carbons (Fsp3) is 0.400. The third-order valence-electron chi connectivity index (χ3n) is 2.02. The van der Waals surface area contributed by atoms with Crippen LogP contribution in [0.2, 0.25) is 0 Å². The molecule has 6 heteroatoms. The van der Waals surface area contributed by atoms with E-state index in [1.165, 1.54) is 0 Å². The SMILES string of the molecule is NC(CO)Cc1cc(F)cc(C(F)(F)F)c1. The second kappa shape index (κ2) is 4.80. The van der Waals surface area contributed by atoms with Crippen molar-refractivity contribution in [2.75, 3.05) is 6.61 Å². The molecule has 1 rings (SSSR count). The zero-order valence-electron chi connectivity index (χ0n) is 8.26. The number of benzene rings is 1. The number of alkyl halides is 3. The van der Waals surface area contributed by atoms with Crippen molar-refractivity contribution in [3.63, 3.8) is 0 Å². The second-order valence-electron chi connectivity index (χ2n) is 3.49. The van der Waals surface area contributed by atoms with Crippen molar-refractivity contribution < 1.29 is 22.7 Å². The monoisotopic (exact) mass is 237 g/mol. The molecule has 1 unspecified atom stereocenters. The lowest BCUT2D eigenvalue weighted by molar-refractivity contribution is -0.137. The second-order valence-corrected chi connectivity index (χ2v) is 3.49. The predicted molar refractivity (Wildman–Crippen MR) is 50.2 cm³/mol. The van der Waals surface area contributed by atoms with Crippen LogP contribution in [0.5, 0.6) is 0 Å². The number of halogens is 4. The van der Waals surface area contributed by atoms with E-state index in [9.17, 15) is 17.6 Å². The summed E-state index contributed by atoms with van der Waals surface area (Å²) in [5, 5.41) is 8.65. The highest BCUT2D eigenvalue weighted by Crippen LogP contribution is 2.30. The molecule has 90 valence electrons. The van der Waals surface area contributed by atoms with Crippen LogP contribution in [0.4, 0.5) is 17.6 Å². The summed E-state index contributed by atoms with van der Waals surface area (Å²) in [6.45, 7) is -0.363. The van der Waals surface area contributed by atoms with Gasteiger partial charge in [-0.3, -0.25) is 0 Å². The lowest BCUT2D eigenvalue weighted by Crippen LogP contribution is -2.27. The highest BCUT2D eigenvalue weighted by molar-refractivity contribution is 5.27. The summed E-state index contributed by atoms with van der Waals surface area (Å²) in [5.41, 5.74) is 4.43. The molecule has 0 heterocycles. The molecule has 16 heavy (non-hydrogen) atoms. The first-order chi connectivity index (χ1) is 7.32. The van der Waals surface area contributed by atoms with Crippen LogP contribution in [-0.2, 0) is 12.6 Å². The van der Waals surface area contributed by atoms with Crippen LogP contribution in [0.3, 0.4) is 0 Å². The number of nitrogens with two attached hydrogens (primary N) is 1. The lowest BCUT2D eigenvalue weighted by Gasteiger charge is -2.11. The minimum atomic E-state index is -4.58. The number of rotatable bonds is 3. The van der Waals surface area contributed by atoms with E-state index in [0.29, 0.717) is 6.07 Å². The topological polar surface area (TPSA) is 46.2 Å². The fourth-order valence-electron chi connectivity index (χ4n) is 1.30. The molecule has 0 saturated heterocycles. The standard InChI is InChI=1S/C10H11F4NO/c11-8-2-6(3-9(15)5-16)1-7(4-8)10(12,13)14/h1-2,4,9,16H,3,5,15H2. The smallest absolute Gasteiger partial charge is 0.395 e. The molecule has 0 saturated carbocycles. The van der Waals surface area contributed by atoms with E-state index < -0.39 is 23.6 Å². The maximum absolute atomic E-state index is 12.9. The van der Waals surface area contributed by atoms with E-state index in [0.717, 1.165) is 12.1 Å². The molecule has 0 fully saturated rings. The molecular weight excluding hydrogens is 226 g/mol. The summed E-state index contributed by atoms with van der Waals surface area (Å²) in [6.07, 6.45) is -4.59. The fourth-order valence-corrected chi connectivity index (χ4v) is 1.30.